The van der Waals surface area contributed by atoms with Crippen LogP contribution in [0.2, 0.25) is 0 Å². The molecule has 2 N–H and O–H groups in total. The lowest BCUT2D eigenvalue weighted by atomic mass is 9.92. The van der Waals surface area contributed by atoms with E-state index in [-0.39, 0.29) is 0 Å². The van der Waals surface area contributed by atoms with Gasteiger partial charge in [-0.2, -0.15) is 0 Å². The van der Waals surface area contributed by atoms with Crippen molar-refractivity contribution in [3.63, 3.8) is 0 Å². The highest BCUT2D eigenvalue weighted by Crippen LogP contribution is 2.59. The monoisotopic (exact) mass is 173 g/mol. The van der Waals surface area contributed by atoms with E-state index in [0.29, 0.717) is 0 Å². The highest BCUT2D eigenvalue weighted by molar-refractivity contribution is 5.39. The zero-order valence-electron chi connectivity index (χ0n) is 7.74. The van der Waals surface area contributed by atoms with E-state index in [1.165, 1.54) is 12.8 Å². The van der Waals surface area contributed by atoms with Gasteiger partial charge < -0.3 is 5.73 Å². The Morgan fingerprint density at radius 3 is 3.00 bits per heavy atom. The molecule has 0 bridgehead atoms. The van der Waals surface area contributed by atoms with Crippen LogP contribution in [0.15, 0.2) is 24.3 Å². The molecular formula is C12H15N. The molecule has 68 valence electrons. The third-order valence-electron chi connectivity index (χ3n) is 3.76. The van der Waals surface area contributed by atoms with Gasteiger partial charge in [-0.15, -0.1) is 0 Å². The summed E-state index contributed by atoms with van der Waals surface area (Å²) in [7, 11) is 0. The second-order valence-corrected chi connectivity index (χ2v) is 4.33. The van der Waals surface area contributed by atoms with Crippen LogP contribution in [0.4, 0.5) is 0 Å². The Morgan fingerprint density at radius 1 is 1.31 bits per heavy atom. The van der Waals surface area contributed by atoms with Crippen molar-refractivity contribution in [3.05, 3.63) is 35.4 Å². The highest BCUT2D eigenvalue weighted by atomic mass is 14.7. The second kappa shape index (κ2) is 2.58. The average molecular weight is 173 g/mol. The number of fused-ring (bicyclic) bond motifs is 3. The molecule has 13 heavy (non-hydrogen) atoms. The molecule has 3 rings (SSSR count). The second-order valence-electron chi connectivity index (χ2n) is 4.33. The van der Waals surface area contributed by atoms with Gasteiger partial charge in [0, 0.05) is 0 Å². The van der Waals surface area contributed by atoms with Gasteiger partial charge in [-0.25, -0.2) is 0 Å². The third kappa shape index (κ3) is 0.969. The van der Waals surface area contributed by atoms with Gasteiger partial charge in [0.05, 0.1) is 0 Å². The Kier molecular flexibility index (Phi) is 1.50. The number of benzene rings is 1. The fourth-order valence-corrected chi connectivity index (χ4v) is 3.03. The van der Waals surface area contributed by atoms with Crippen molar-refractivity contribution in [2.75, 3.05) is 6.54 Å². The van der Waals surface area contributed by atoms with Crippen LogP contribution >= 0.6 is 0 Å². The van der Waals surface area contributed by atoms with E-state index in [1.807, 2.05) is 0 Å². The Morgan fingerprint density at radius 2 is 2.15 bits per heavy atom. The summed E-state index contributed by atoms with van der Waals surface area (Å²) in [6, 6.07) is 8.88. The summed E-state index contributed by atoms with van der Waals surface area (Å²) in [6.45, 7) is 0.879. The van der Waals surface area contributed by atoms with Gasteiger partial charge >= 0.3 is 0 Å². The van der Waals surface area contributed by atoms with E-state index in [9.17, 15) is 0 Å². The first-order valence-electron chi connectivity index (χ1n) is 5.19. The van der Waals surface area contributed by atoms with Gasteiger partial charge in [0.2, 0.25) is 0 Å². The molecule has 0 radical (unpaired) electrons. The molecule has 3 atom stereocenters. The first-order valence-corrected chi connectivity index (χ1v) is 5.19. The summed E-state index contributed by atoms with van der Waals surface area (Å²) in [5.74, 6) is 2.53. The van der Waals surface area contributed by atoms with Gasteiger partial charge in [0.1, 0.15) is 0 Å². The topological polar surface area (TPSA) is 26.0 Å². The minimum Gasteiger partial charge on any atom is -0.330 e. The molecule has 0 saturated heterocycles. The maximum Gasteiger partial charge on any atom is -0.00400 e. The summed E-state index contributed by atoms with van der Waals surface area (Å²) >= 11 is 0. The summed E-state index contributed by atoms with van der Waals surface area (Å²) in [5.41, 5.74) is 8.91. The van der Waals surface area contributed by atoms with Crippen molar-refractivity contribution < 1.29 is 0 Å². The van der Waals surface area contributed by atoms with E-state index >= 15 is 0 Å². The number of nitrogens with two attached hydrogens (primary N) is 1. The van der Waals surface area contributed by atoms with E-state index < -0.39 is 0 Å². The molecule has 1 nitrogen and oxygen atoms in total. The van der Waals surface area contributed by atoms with E-state index in [4.69, 9.17) is 5.73 Å². The smallest absolute Gasteiger partial charge is 0.00400 e. The maximum atomic E-state index is 5.75. The van der Waals surface area contributed by atoms with Crippen molar-refractivity contribution in [2.24, 2.45) is 17.6 Å². The Hall–Kier alpha value is -0.820. The minimum absolute atomic E-state index is 0.795. The van der Waals surface area contributed by atoms with E-state index in [1.54, 1.807) is 11.1 Å². The molecule has 0 unspecified atom stereocenters. The van der Waals surface area contributed by atoms with Crippen molar-refractivity contribution in [1.29, 1.82) is 0 Å². The molecule has 1 fully saturated rings. The van der Waals surface area contributed by atoms with Crippen molar-refractivity contribution >= 4 is 0 Å². The Bertz CT molecular complexity index is 328. The van der Waals surface area contributed by atoms with Gasteiger partial charge in [-0.3, -0.25) is 0 Å². The summed E-state index contributed by atoms with van der Waals surface area (Å²) < 4.78 is 0. The standard InChI is InChI=1S/C12H15N/c13-7-11-10-6-5-8-3-1-2-4-9(8)12(10)11/h1-4,10-12H,5-7,13H2/t10-,11-,12+/m0/s1. The first-order chi connectivity index (χ1) is 6.42. The molecule has 0 spiro atoms. The van der Waals surface area contributed by atoms with E-state index in [0.717, 1.165) is 24.3 Å². The predicted molar refractivity (Wildman–Crippen MR) is 53.5 cm³/mol. The van der Waals surface area contributed by atoms with Crippen LogP contribution in [0.3, 0.4) is 0 Å². The molecule has 2 aliphatic rings. The number of rotatable bonds is 1. The number of hydrogen-bond acceptors (Lipinski definition) is 1. The molecule has 0 aliphatic heterocycles. The van der Waals surface area contributed by atoms with E-state index in [2.05, 4.69) is 24.3 Å². The molecule has 1 saturated carbocycles. The molecule has 1 aromatic carbocycles. The van der Waals surface area contributed by atoms with Gasteiger partial charge in [-0.1, -0.05) is 24.3 Å². The van der Waals surface area contributed by atoms with Crippen LogP contribution in [-0.2, 0) is 6.42 Å². The molecule has 1 heteroatoms. The zero-order valence-corrected chi connectivity index (χ0v) is 7.74. The minimum atomic E-state index is 0.795. The highest BCUT2D eigenvalue weighted by Gasteiger charge is 2.51. The SMILES string of the molecule is NC[C@H]1[C@@H]2CCc3ccccc3[C@@H]12. The number of aryl methyl sites for hydroxylation is 1. The summed E-state index contributed by atoms with van der Waals surface area (Å²) in [5, 5.41) is 0. The normalized spacial score (nSPS) is 35.0. The fourth-order valence-electron chi connectivity index (χ4n) is 3.03. The summed E-state index contributed by atoms with van der Waals surface area (Å²) in [6.07, 6.45) is 2.64. The zero-order chi connectivity index (χ0) is 8.84. The Balaban J connectivity index is 2.00. The molecular weight excluding hydrogens is 158 g/mol. The van der Waals surface area contributed by atoms with Crippen LogP contribution in [-0.4, -0.2) is 6.54 Å². The lowest BCUT2D eigenvalue weighted by Crippen LogP contribution is -2.02. The van der Waals surface area contributed by atoms with Crippen LogP contribution < -0.4 is 5.73 Å². The average Bonchev–Trinajstić information content (AvgIpc) is 2.91. The molecule has 0 aromatic heterocycles. The number of hydrogen-bond donors (Lipinski definition) is 1. The lowest BCUT2D eigenvalue weighted by Gasteiger charge is -2.13. The molecule has 0 heterocycles. The summed E-state index contributed by atoms with van der Waals surface area (Å²) in [4.78, 5) is 0. The lowest BCUT2D eigenvalue weighted by molar-refractivity contribution is 0.634. The van der Waals surface area contributed by atoms with Crippen molar-refractivity contribution in [1.82, 2.24) is 0 Å². The molecule has 0 amide bonds. The van der Waals surface area contributed by atoms with Crippen LogP contribution in [0.1, 0.15) is 23.5 Å². The van der Waals surface area contributed by atoms with Crippen LogP contribution in [0.5, 0.6) is 0 Å². The maximum absolute atomic E-state index is 5.75. The third-order valence-corrected chi connectivity index (χ3v) is 3.76. The van der Waals surface area contributed by atoms with Crippen molar-refractivity contribution in [3.8, 4) is 0 Å². The van der Waals surface area contributed by atoms with Crippen LogP contribution in [0.25, 0.3) is 0 Å². The fraction of sp³-hybridized carbons (Fsp3) is 0.500. The predicted octanol–water partition coefficient (Wildman–Crippen LogP) is 1.92. The van der Waals surface area contributed by atoms with Gasteiger partial charge in [0.25, 0.3) is 0 Å². The van der Waals surface area contributed by atoms with Gasteiger partial charge in [0.15, 0.2) is 0 Å². The molecule has 2 aliphatic carbocycles. The Labute approximate surface area is 78.9 Å². The first kappa shape index (κ1) is 7.57. The van der Waals surface area contributed by atoms with Crippen molar-refractivity contribution in [2.45, 2.75) is 18.8 Å². The largest absolute Gasteiger partial charge is 0.330 e. The van der Waals surface area contributed by atoms with Gasteiger partial charge in [-0.05, 0) is 48.3 Å². The molecule has 1 aromatic rings. The van der Waals surface area contributed by atoms with Crippen LogP contribution in [0, 0.1) is 11.8 Å². The quantitative estimate of drug-likeness (QED) is 0.690.